The van der Waals surface area contributed by atoms with E-state index in [1.54, 1.807) is 0 Å². The van der Waals surface area contributed by atoms with Gasteiger partial charge in [-0.2, -0.15) is 0 Å². The highest BCUT2D eigenvalue weighted by molar-refractivity contribution is 6.09. The Hall–Kier alpha value is -1.59. The maximum absolute atomic E-state index is 13.3. The van der Waals surface area contributed by atoms with Gasteiger partial charge in [-0.25, -0.2) is 4.79 Å². The quantitative estimate of drug-likeness (QED) is 0.713. The summed E-state index contributed by atoms with van der Waals surface area (Å²) in [6, 6.07) is -0.402. The predicted molar refractivity (Wildman–Crippen MR) is 109 cm³/mol. The fraction of sp³-hybridized carbons (Fsp3) is 0.870. The van der Waals surface area contributed by atoms with Crippen LogP contribution in [-0.2, 0) is 9.59 Å². The molecule has 160 valence electrons. The smallest absolute Gasteiger partial charge is 0.325 e. The summed E-state index contributed by atoms with van der Waals surface area (Å²) in [5, 5.41) is 6.27. The summed E-state index contributed by atoms with van der Waals surface area (Å²) >= 11 is 0. The second-order valence-corrected chi connectivity index (χ2v) is 12.0. The van der Waals surface area contributed by atoms with Crippen LogP contribution in [-0.4, -0.2) is 40.4 Å². The van der Waals surface area contributed by atoms with E-state index in [-0.39, 0.29) is 29.3 Å². The topological polar surface area (TPSA) is 78.5 Å². The number of imide groups is 1. The van der Waals surface area contributed by atoms with Crippen LogP contribution in [0.15, 0.2) is 0 Å². The molecule has 2 N–H and O–H groups in total. The van der Waals surface area contributed by atoms with E-state index in [4.69, 9.17) is 0 Å². The number of rotatable bonds is 3. The number of nitrogens with one attached hydrogen (secondary N) is 2. The average Bonchev–Trinajstić information content (AvgIpc) is 2.74. The molecule has 4 amide bonds. The zero-order valence-electron chi connectivity index (χ0n) is 18.1. The molecule has 1 spiro atoms. The molecule has 4 bridgehead atoms. The van der Waals surface area contributed by atoms with Gasteiger partial charge in [0.2, 0.25) is 5.91 Å². The van der Waals surface area contributed by atoms with Crippen molar-refractivity contribution in [1.29, 1.82) is 0 Å². The Morgan fingerprint density at radius 2 is 1.62 bits per heavy atom. The Balaban J connectivity index is 1.28. The molecular formula is C23H35N3O3. The van der Waals surface area contributed by atoms with Gasteiger partial charge in [0.05, 0.1) is 0 Å². The summed E-state index contributed by atoms with van der Waals surface area (Å²) in [4.78, 5) is 40.1. The van der Waals surface area contributed by atoms with Crippen molar-refractivity contribution in [1.82, 2.24) is 15.5 Å². The van der Waals surface area contributed by atoms with Gasteiger partial charge >= 0.3 is 6.03 Å². The van der Waals surface area contributed by atoms with Crippen LogP contribution in [0.5, 0.6) is 0 Å². The third-order valence-corrected chi connectivity index (χ3v) is 8.37. The number of carbonyl (C=O) groups excluding carboxylic acids is 3. The van der Waals surface area contributed by atoms with Crippen molar-refractivity contribution in [2.24, 2.45) is 29.1 Å². The van der Waals surface area contributed by atoms with E-state index in [1.807, 2.05) is 0 Å². The zero-order valence-corrected chi connectivity index (χ0v) is 18.1. The van der Waals surface area contributed by atoms with Crippen LogP contribution in [0.4, 0.5) is 4.79 Å². The van der Waals surface area contributed by atoms with Gasteiger partial charge in [0.1, 0.15) is 12.1 Å². The van der Waals surface area contributed by atoms with E-state index in [9.17, 15) is 14.4 Å². The Kier molecular flexibility index (Phi) is 4.15. The summed E-state index contributed by atoms with van der Waals surface area (Å²) in [6.07, 6.45) is 9.51. The molecule has 6 fully saturated rings. The number of urea groups is 1. The molecule has 6 aliphatic rings. The standard InChI is InChI=1S/C23H35N3O3/c1-14-7-21(2,3)13-23(8-14)19(28)26(20(29)25-23)12-18(27)24-22-9-15-4-16(10-22)6-17(5-15)11-22/h14-17H,4-13H2,1-3H3,(H,24,27)(H,25,29). The molecule has 0 radical (unpaired) electrons. The van der Waals surface area contributed by atoms with Crippen LogP contribution in [0.25, 0.3) is 0 Å². The van der Waals surface area contributed by atoms with E-state index in [0.29, 0.717) is 18.8 Å². The van der Waals surface area contributed by atoms with Crippen molar-refractivity contribution < 1.29 is 14.4 Å². The average molecular weight is 402 g/mol. The van der Waals surface area contributed by atoms with E-state index >= 15 is 0 Å². The molecule has 2 atom stereocenters. The van der Waals surface area contributed by atoms with Gasteiger partial charge < -0.3 is 10.6 Å². The molecule has 6 nitrogen and oxygen atoms in total. The number of amides is 4. The molecule has 1 aliphatic heterocycles. The second kappa shape index (κ2) is 6.21. The molecular weight excluding hydrogens is 366 g/mol. The van der Waals surface area contributed by atoms with Gasteiger partial charge in [-0.15, -0.1) is 0 Å². The fourth-order valence-electron chi connectivity index (χ4n) is 8.39. The van der Waals surface area contributed by atoms with Crippen molar-refractivity contribution in [2.45, 2.75) is 89.6 Å². The summed E-state index contributed by atoms with van der Waals surface area (Å²) in [5.41, 5.74) is -0.929. The Labute approximate surface area is 173 Å². The van der Waals surface area contributed by atoms with E-state index in [1.165, 1.54) is 24.2 Å². The molecule has 6 heteroatoms. The molecule has 0 aromatic rings. The monoisotopic (exact) mass is 401 g/mol. The lowest BCUT2D eigenvalue weighted by molar-refractivity contribution is -0.139. The lowest BCUT2D eigenvalue weighted by Gasteiger charge is -2.57. The first-order chi connectivity index (χ1) is 13.6. The Morgan fingerprint density at radius 3 is 2.17 bits per heavy atom. The van der Waals surface area contributed by atoms with E-state index < -0.39 is 11.6 Å². The van der Waals surface area contributed by atoms with Crippen molar-refractivity contribution in [3.63, 3.8) is 0 Å². The van der Waals surface area contributed by atoms with Gasteiger partial charge in [0, 0.05) is 5.54 Å². The minimum atomic E-state index is -0.834. The van der Waals surface area contributed by atoms with Gasteiger partial charge in [0.15, 0.2) is 0 Å². The molecule has 1 saturated heterocycles. The van der Waals surface area contributed by atoms with Gasteiger partial charge in [0.25, 0.3) is 5.91 Å². The minimum Gasteiger partial charge on any atom is -0.349 e. The van der Waals surface area contributed by atoms with Crippen LogP contribution < -0.4 is 10.6 Å². The van der Waals surface area contributed by atoms with Crippen molar-refractivity contribution in [3.8, 4) is 0 Å². The molecule has 2 unspecified atom stereocenters. The van der Waals surface area contributed by atoms with Crippen LogP contribution >= 0.6 is 0 Å². The summed E-state index contributed by atoms with van der Waals surface area (Å²) in [5.74, 6) is 2.22. The van der Waals surface area contributed by atoms with Crippen molar-refractivity contribution in [3.05, 3.63) is 0 Å². The van der Waals surface area contributed by atoms with Gasteiger partial charge in [-0.05, 0) is 86.9 Å². The first-order valence-electron chi connectivity index (χ1n) is 11.5. The minimum absolute atomic E-state index is 0.00191. The molecule has 1 heterocycles. The molecule has 5 saturated carbocycles. The molecule has 0 aromatic heterocycles. The highest BCUT2D eigenvalue weighted by Crippen LogP contribution is 2.55. The second-order valence-electron chi connectivity index (χ2n) is 12.0. The molecule has 5 aliphatic carbocycles. The third kappa shape index (κ3) is 3.27. The van der Waals surface area contributed by atoms with Crippen molar-refractivity contribution in [2.75, 3.05) is 6.54 Å². The first kappa shape index (κ1) is 19.4. The number of nitrogens with zero attached hydrogens (tertiary/aromatic N) is 1. The van der Waals surface area contributed by atoms with E-state index in [2.05, 4.69) is 31.4 Å². The lowest BCUT2D eigenvalue weighted by Crippen LogP contribution is -2.61. The SMILES string of the molecule is CC1CC(C)(C)CC2(C1)NC(=O)N(CC(=O)NC13CC4CC(CC(C4)C1)C3)C2=O. The van der Waals surface area contributed by atoms with Gasteiger partial charge in [-0.3, -0.25) is 14.5 Å². The number of hydrogen-bond donors (Lipinski definition) is 2. The zero-order chi connectivity index (χ0) is 20.6. The summed E-state index contributed by atoms with van der Waals surface area (Å²) < 4.78 is 0. The van der Waals surface area contributed by atoms with Gasteiger partial charge in [-0.1, -0.05) is 20.8 Å². The van der Waals surface area contributed by atoms with Crippen molar-refractivity contribution >= 4 is 17.8 Å². The van der Waals surface area contributed by atoms with Crippen LogP contribution in [0.1, 0.15) is 78.6 Å². The summed E-state index contributed by atoms with van der Waals surface area (Å²) in [7, 11) is 0. The Bertz CT molecular complexity index is 725. The fourth-order valence-corrected chi connectivity index (χ4v) is 8.39. The molecule has 29 heavy (non-hydrogen) atoms. The van der Waals surface area contributed by atoms with Crippen LogP contribution in [0, 0.1) is 29.1 Å². The highest BCUT2D eigenvalue weighted by atomic mass is 16.2. The Morgan fingerprint density at radius 1 is 1.03 bits per heavy atom. The van der Waals surface area contributed by atoms with Crippen LogP contribution in [0.3, 0.4) is 0 Å². The van der Waals surface area contributed by atoms with Crippen LogP contribution in [0.2, 0.25) is 0 Å². The highest BCUT2D eigenvalue weighted by Gasteiger charge is 2.57. The third-order valence-electron chi connectivity index (χ3n) is 8.37. The molecule has 0 aromatic carbocycles. The largest absolute Gasteiger partial charge is 0.349 e. The lowest BCUT2D eigenvalue weighted by atomic mass is 9.53. The molecule has 6 rings (SSSR count). The first-order valence-corrected chi connectivity index (χ1v) is 11.5. The normalized spacial score (nSPS) is 45.0. The predicted octanol–water partition coefficient (Wildman–Crippen LogP) is 3.21. The summed E-state index contributed by atoms with van der Waals surface area (Å²) in [6.45, 7) is 6.31. The number of hydrogen-bond acceptors (Lipinski definition) is 3. The maximum Gasteiger partial charge on any atom is 0.325 e. The maximum atomic E-state index is 13.3. The number of carbonyl (C=O) groups is 3. The van der Waals surface area contributed by atoms with E-state index in [0.717, 1.165) is 43.4 Å².